The number of para-hydroxylation sites is 1. The van der Waals surface area contributed by atoms with E-state index in [2.05, 4.69) is 15.0 Å². The van der Waals surface area contributed by atoms with Crippen LogP contribution in [-0.4, -0.2) is 27.0 Å². The van der Waals surface area contributed by atoms with Crippen LogP contribution >= 0.6 is 11.6 Å². The summed E-state index contributed by atoms with van der Waals surface area (Å²) in [7, 11) is 1.35. The minimum Gasteiger partial charge on any atom is -0.467 e. The number of hydrogen-bond acceptors (Lipinski definition) is 7. The van der Waals surface area contributed by atoms with Gasteiger partial charge in [-0.05, 0) is 24.6 Å². The summed E-state index contributed by atoms with van der Waals surface area (Å²) in [6.45, 7) is 1.60. The van der Waals surface area contributed by atoms with Gasteiger partial charge in [0, 0.05) is 5.56 Å². The first-order valence-electron chi connectivity index (χ1n) is 5.38. The van der Waals surface area contributed by atoms with Gasteiger partial charge in [-0.3, -0.25) is 10.1 Å². The van der Waals surface area contributed by atoms with E-state index < -0.39 is 4.92 Å². The second-order valence-corrected chi connectivity index (χ2v) is 3.99. The predicted molar refractivity (Wildman–Crippen MR) is 69.3 cm³/mol. The maximum atomic E-state index is 11.0. The second kappa shape index (κ2) is 5.66. The highest BCUT2D eigenvalue weighted by Crippen LogP contribution is 2.33. The fourth-order valence-electron chi connectivity index (χ4n) is 1.50. The highest BCUT2D eigenvalue weighted by molar-refractivity contribution is 6.28. The van der Waals surface area contributed by atoms with Crippen LogP contribution in [0.15, 0.2) is 18.2 Å². The summed E-state index contributed by atoms with van der Waals surface area (Å²) in [5, 5.41) is 10.9. The summed E-state index contributed by atoms with van der Waals surface area (Å²) in [5.74, 6) is 0.0133. The maximum absolute atomic E-state index is 11.0. The largest absolute Gasteiger partial charge is 0.467 e. The second-order valence-electron chi connectivity index (χ2n) is 3.65. The lowest BCUT2D eigenvalue weighted by Crippen LogP contribution is -2.01. The van der Waals surface area contributed by atoms with Gasteiger partial charge in [0.05, 0.1) is 12.0 Å². The van der Waals surface area contributed by atoms with Gasteiger partial charge in [-0.1, -0.05) is 12.1 Å². The van der Waals surface area contributed by atoms with Crippen LogP contribution in [0, 0.1) is 17.0 Å². The summed E-state index contributed by atoms with van der Waals surface area (Å²) < 4.78 is 10.1. The van der Waals surface area contributed by atoms with E-state index in [-0.39, 0.29) is 28.7 Å². The smallest absolute Gasteiger partial charge is 0.329 e. The SMILES string of the molecule is COc1nc(Cl)nc(Oc2cccc(C)c2[N+](=O)[O-])n1. The van der Waals surface area contributed by atoms with Crippen LogP contribution in [0.1, 0.15) is 5.56 Å². The lowest BCUT2D eigenvalue weighted by molar-refractivity contribution is -0.386. The van der Waals surface area contributed by atoms with E-state index in [0.29, 0.717) is 5.56 Å². The number of nitro groups is 1. The Kier molecular flexibility index (Phi) is 3.94. The maximum Gasteiger partial charge on any atom is 0.329 e. The zero-order valence-corrected chi connectivity index (χ0v) is 11.3. The molecule has 0 aliphatic carbocycles. The first-order valence-corrected chi connectivity index (χ1v) is 5.76. The molecule has 1 aromatic heterocycles. The monoisotopic (exact) mass is 296 g/mol. The third-order valence-electron chi connectivity index (χ3n) is 2.33. The van der Waals surface area contributed by atoms with Crippen molar-refractivity contribution in [1.82, 2.24) is 15.0 Å². The summed E-state index contributed by atoms with van der Waals surface area (Å²) in [4.78, 5) is 21.7. The molecule has 0 aliphatic heterocycles. The van der Waals surface area contributed by atoms with E-state index in [1.165, 1.54) is 13.2 Å². The average Bonchev–Trinajstić information content (AvgIpc) is 2.37. The molecule has 0 atom stereocenters. The molecule has 0 radical (unpaired) electrons. The number of aromatic nitrogens is 3. The van der Waals surface area contributed by atoms with E-state index in [9.17, 15) is 10.1 Å². The Morgan fingerprint density at radius 3 is 2.60 bits per heavy atom. The Bertz CT molecular complexity index is 665. The van der Waals surface area contributed by atoms with Crippen LogP contribution < -0.4 is 9.47 Å². The fraction of sp³-hybridized carbons (Fsp3) is 0.182. The molecule has 0 aliphatic rings. The minimum atomic E-state index is -0.537. The highest BCUT2D eigenvalue weighted by Gasteiger charge is 2.20. The van der Waals surface area contributed by atoms with Gasteiger partial charge in [-0.15, -0.1) is 4.98 Å². The molecule has 2 aromatic rings. The number of hydrogen-bond donors (Lipinski definition) is 0. The average molecular weight is 297 g/mol. The van der Waals surface area contributed by atoms with Gasteiger partial charge < -0.3 is 9.47 Å². The number of nitrogens with zero attached hydrogens (tertiary/aromatic N) is 4. The molecule has 0 fully saturated rings. The molecule has 0 amide bonds. The van der Waals surface area contributed by atoms with Crippen LogP contribution in [0.2, 0.25) is 5.28 Å². The molecule has 9 heteroatoms. The molecular formula is C11H9ClN4O4. The van der Waals surface area contributed by atoms with E-state index in [1.807, 2.05) is 0 Å². The van der Waals surface area contributed by atoms with Crippen molar-refractivity contribution in [2.24, 2.45) is 0 Å². The Morgan fingerprint density at radius 1 is 1.25 bits per heavy atom. The third kappa shape index (κ3) is 2.91. The highest BCUT2D eigenvalue weighted by atomic mass is 35.5. The topological polar surface area (TPSA) is 100 Å². The fourth-order valence-corrected chi connectivity index (χ4v) is 1.64. The van der Waals surface area contributed by atoms with E-state index >= 15 is 0 Å². The molecule has 1 aromatic carbocycles. The third-order valence-corrected chi connectivity index (χ3v) is 2.50. The van der Waals surface area contributed by atoms with Crippen molar-refractivity contribution >= 4 is 17.3 Å². The molecule has 0 saturated heterocycles. The van der Waals surface area contributed by atoms with Crippen molar-refractivity contribution in [2.75, 3.05) is 7.11 Å². The number of aryl methyl sites for hydroxylation is 1. The Hall–Kier alpha value is -2.48. The van der Waals surface area contributed by atoms with Crippen molar-refractivity contribution < 1.29 is 14.4 Å². The molecule has 20 heavy (non-hydrogen) atoms. The quantitative estimate of drug-likeness (QED) is 0.631. The van der Waals surface area contributed by atoms with E-state index in [1.54, 1.807) is 19.1 Å². The Balaban J connectivity index is 2.42. The Labute approximate surface area is 118 Å². The summed E-state index contributed by atoms with van der Waals surface area (Å²) in [5.41, 5.74) is 0.294. The molecule has 8 nitrogen and oxygen atoms in total. The molecule has 0 saturated carbocycles. The molecule has 0 spiro atoms. The summed E-state index contributed by atoms with van der Waals surface area (Å²) >= 11 is 5.67. The normalized spacial score (nSPS) is 10.2. The number of methoxy groups -OCH3 is 1. The minimum absolute atomic E-state index is 0.0133. The van der Waals surface area contributed by atoms with Crippen LogP contribution in [-0.2, 0) is 0 Å². The molecule has 0 unspecified atom stereocenters. The lowest BCUT2D eigenvalue weighted by atomic mass is 10.2. The van der Waals surface area contributed by atoms with Crippen molar-refractivity contribution in [2.45, 2.75) is 6.92 Å². The molecule has 104 valence electrons. The number of nitro benzene ring substituents is 1. The van der Waals surface area contributed by atoms with Crippen molar-refractivity contribution in [3.63, 3.8) is 0 Å². The molecule has 0 N–H and O–H groups in total. The van der Waals surface area contributed by atoms with Crippen molar-refractivity contribution in [3.05, 3.63) is 39.2 Å². The lowest BCUT2D eigenvalue weighted by Gasteiger charge is -2.06. The number of benzene rings is 1. The van der Waals surface area contributed by atoms with Crippen LogP contribution in [0.4, 0.5) is 5.69 Å². The van der Waals surface area contributed by atoms with Gasteiger partial charge >= 0.3 is 17.7 Å². The number of rotatable bonds is 4. The van der Waals surface area contributed by atoms with Gasteiger partial charge in [0.15, 0.2) is 0 Å². The van der Waals surface area contributed by atoms with Gasteiger partial charge in [0.1, 0.15) is 0 Å². The molecule has 0 bridgehead atoms. The first kappa shape index (κ1) is 13.9. The van der Waals surface area contributed by atoms with Crippen LogP contribution in [0.5, 0.6) is 17.8 Å². The zero-order chi connectivity index (χ0) is 14.7. The van der Waals surface area contributed by atoms with Gasteiger partial charge in [0.25, 0.3) is 0 Å². The number of ether oxygens (including phenoxy) is 2. The van der Waals surface area contributed by atoms with Crippen LogP contribution in [0.25, 0.3) is 0 Å². The standard InChI is InChI=1S/C11H9ClN4O4/c1-6-4-3-5-7(8(6)16(17)18)20-11-14-9(12)13-10(15-11)19-2/h3-5H,1-2H3. The molecule has 1 heterocycles. The van der Waals surface area contributed by atoms with Crippen molar-refractivity contribution in [3.8, 4) is 17.8 Å². The van der Waals surface area contributed by atoms with Crippen molar-refractivity contribution in [1.29, 1.82) is 0 Å². The Morgan fingerprint density at radius 2 is 1.95 bits per heavy atom. The van der Waals surface area contributed by atoms with Gasteiger partial charge in [0.2, 0.25) is 11.0 Å². The van der Waals surface area contributed by atoms with Crippen LogP contribution in [0.3, 0.4) is 0 Å². The van der Waals surface area contributed by atoms with Gasteiger partial charge in [-0.2, -0.15) is 9.97 Å². The number of halogens is 1. The zero-order valence-electron chi connectivity index (χ0n) is 10.5. The van der Waals surface area contributed by atoms with E-state index in [4.69, 9.17) is 21.1 Å². The summed E-state index contributed by atoms with van der Waals surface area (Å²) in [6, 6.07) is 4.43. The van der Waals surface area contributed by atoms with E-state index in [0.717, 1.165) is 0 Å². The molecule has 2 rings (SSSR count). The first-order chi connectivity index (χ1) is 9.51. The predicted octanol–water partition coefficient (Wildman–Crippen LogP) is 2.54. The summed E-state index contributed by atoms with van der Waals surface area (Å²) in [6.07, 6.45) is 0. The van der Waals surface area contributed by atoms with Gasteiger partial charge in [-0.25, -0.2) is 0 Å². The molecular weight excluding hydrogens is 288 g/mol.